The van der Waals surface area contributed by atoms with Gasteiger partial charge in [-0.1, -0.05) is 12.2 Å². The Kier molecular flexibility index (Phi) is 2.60. The van der Waals surface area contributed by atoms with Gasteiger partial charge in [0.1, 0.15) is 0 Å². The van der Waals surface area contributed by atoms with E-state index in [1.807, 2.05) is 0 Å². The number of halogens is 2. The van der Waals surface area contributed by atoms with Crippen molar-refractivity contribution in [1.82, 2.24) is 5.32 Å². The van der Waals surface area contributed by atoms with Crippen LogP contribution in [0.25, 0.3) is 0 Å². The van der Waals surface area contributed by atoms with Crippen molar-refractivity contribution in [3.63, 3.8) is 0 Å². The number of ether oxygens (including phenoxy) is 1. The third-order valence-corrected chi connectivity index (χ3v) is 2.20. The van der Waals surface area contributed by atoms with E-state index in [0.717, 1.165) is 0 Å². The van der Waals surface area contributed by atoms with E-state index in [1.54, 1.807) is 20.8 Å². The highest BCUT2D eigenvalue weighted by Gasteiger charge is 2.45. The molecule has 0 saturated carbocycles. The van der Waals surface area contributed by atoms with Crippen LogP contribution in [0.1, 0.15) is 27.2 Å². The summed E-state index contributed by atoms with van der Waals surface area (Å²) in [4.78, 5) is -0.523. The first-order valence-electron chi connectivity index (χ1n) is 4.12. The topological polar surface area (TPSA) is 21.3 Å². The Hall–Kier alpha value is -0.290. The van der Waals surface area contributed by atoms with Crippen molar-refractivity contribution in [1.29, 1.82) is 0 Å². The first kappa shape index (κ1) is 10.8. The summed E-state index contributed by atoms with van der Waals surface area (Å²) in [5, 5.41) is 2.54. The molecular formula is C8H13F2NOS. The standard InChI is InChI=1S/C8H13F2NOS/c1-5-4-7(2,3)12-8(9,10)6(13)11-5/h5H,4H2,1-3H3,(H,11,13). The van der Waals surface area contributed by atoms with Crippen LogP contribution in [0.4, 0.5) is 8.78 Å². The molecule has 2 nitrogen and oxygen atoms in total. The van der Waals surface area contributed by atoms with Crippen molar-refractivity contribution in [3.05, 3.63) is 0 Å². The summed E-state index contributed by atoms with van der Waals surface area (Å²) in [6.45, 7) is 5.07. The van der Waals surface area contributed by atoms with Crippen molar-refractivity contribution in [3.8, 4) is 0 Å². The molecule has 1 atom stereocenters. The van der Waals surface area contributed by atoms with Crippen LogP contribution in [0.15, 0.2) is 0 Å². The summed E-state index contributed by atoms with van der Waals surface area (Å²) in [6, 6.07) is -0.0872. The molecule has 13 heavy (non-hydrogen) atoms. The average molecular weight is 209 g/mol. The molecule has 0 amide bonds. The average Bonchev–Trinajstić information content (AvgIpc) is 1.85. The van der Waals surface area contributed by atoms with Crippen molar-refractivity contribution < 1.29 is 13.5 Å². The maximum Gasteiger partial charge on any atom is 0.408 e. The summed E-state index contributed by atoms with van der Waals surface area (Å²) < 4.78 is 30.8. The maximum atomic E-state index is 13.1. The van der Waals surface area contributed by atoms with Crippen molar-refractivity contribution >= 4 is 17.2 Å². The van der Waals surface area contributed by atoms with Gasteiger partial charge in [0, 0.05) is 6.04 Å². The maximum absolute atomic E-state index is 13.1. The van der Waals surface area contributed by atoms with Gasteiger partial charge in [0.05, 0.1) is 5.60 Å². The molecule has 76 valence electrons. The normalized spacial score (nSPS) is 32.1. The molecule has 1 N–H and O–H groups in total. The van der Waals surface area contributed by atoms with E-state index in [4.69, 9.17) is 0 Å². The van der Waals surface area contributed by atoms with Gasteiger partial charge in [-0.15, -0.1) is 0 Å². The van der Waals surface area contributed by atoms with Crippen LogP contribution >= 0.6 is 12.2 Å². The highest BCUT2D eigenvalue weighted by Crippen LogP contribution is 2.31. The predicted molar refractivity (Wildman–Crippen MR) is 49.9 cm³/mol. The first-order chi connectivity index (χ1) is 5.73. The minimum Gasteiger partial charge on any atom is -0.370 e. The second-order valence-electron chi connectivity index (χ2n) is 3.96. The zero-order valence-corrected chi connectivity index (χ0v) is 8.67. The Morgan fingerprint density at radius 3 is 2.62 bits per heavy atom. The molecule has 1 heterocycles. The quantitative estimate of drug-likeness (QED) is 0.617. The van der Waals surface area contributed by atoms with Crippen molar-refractivity contribution in [2.24, 2.45) is 0 Å². The number of nitrogens with one attached hydrogen (secondary N) is 1. The van der Waals surface area contributed by atoms with Gasteiger partial charge in [-0.05, 0) is 27.2 Å². The third kappa shape index (κ3) is 2.57. The fourth-order valence-corrected chi connectivity index (χ4v) is 1.77. The number of hydrogen-bond donors (Lipinski definition) is 1. The SMILES string of the molecule is CC1CC(C)(C)OC(F)(F)C(=S)N1. The molecular weight excluding hydrogens is 196 g/mol. The van der Waals surface area contributed by atoms with Crippen LogP contribution in [0.2, 0.25) is 0 Å². The minimum atomic E-state index is -3.34. The number of hydrogen-bond acceptors (Lipinski definition) is 2. The van der Waals surface area contributed by atoms with E-state index in [1.165, 1.54) is 0 Å². The molecule has 1 aliphatic heterocycles. The smallest absolute Gasteiger partial charge is 0.370 e. The van der Waals surface area contributed by atoms with Crippen LogP contribution in [-0.2, 0) is 4.74 Å². The lowest BCUT2D eigenvalue weighted by atomic mass is 10.0. The van der Waals surface area contributed by atoms with Gasteiger partial charge in [-0.3, -0.25) is 0 Å². The Bertz CT molecular complexity index is 230. The molecule has 0 aromatic carbocycles. The Labute approximate surface area is 81.6 Å². The number of rotatable bonds is 0. The van der Waals surface area contributed by atoms with Gasteiger partial charge < -0.3 is 10.1 Å². The second kappa shape index (κ2) is 3.13. The Morgan fingerprint density at radius 2 is 2.08 bits per heavy atom. The van der Waals surface area contributed by atoms with Crippen molar-refractivity contribution in [2.75, 3.05) is 0 Å². The highest BCUT2D eigenvalue weighted by molar-refractivity contribution is 7.80. The van der Waals surface area contributed by atoms with E-state index in [0.29, 0.717) is 6.42 Å². The second-order valence-corrected chi connectivity index (χ2v) is 4.37. The molecule has 0 spiro atoms. The summed E-state index contributed by atoms with van der Waals surface area (Å²) in [5.74, 6) is 0. The summed E-state index contributed by atoms with van der Waals surface area (Å²) in [6.07, 6.45) is -2.84. The molecule has 0 aliphatic carbocycles. The number of thiocarbonyl (C=S) groups is 1. The van der Waals surface area contributed by atoms with E-state index in [2.05, 4.69) is 22.3 Å². The fraction of sp³-hybridized carbons (Fsp3) is 0.875. The lowest BCUT2D eigenvalue weighted by molar-refractivity contribution is -0.238. The first-order valence-corrected chi connectivity index (χ1v) is 4.53. The number of alkyl halides is 2. The zero-order valence-electron chi connectivity index (χ0n) is 7.86. The van der Waals surface area contributed by atoms with Gasteiger partial charge in [-0.2, -0.15) is 8.78 Å². The highest BCUT2D eigenvalue weighted by atomic mass is 32.1. The Balaban J connectivity index is 2.88. The van der Waals surface area contributed by atoms with Crippen molar-refractivity contribution in [2.45, 2.75) is 44.9 Å². The van der Waals surface area contributed by atoms with Crippen LogP contribution in [0, 0.1) is 0 Å². The van der Waals surface area contributed by atoms with E-state index >= 15 is 0 Å². The molecule has 0 bridgehead atoms. The van der Waals surface area contributed by atoms with Crippen LogP contribution < -0.4 is 5.32 Å². The lowest BCUT2D eigenvalue weighted by Gasteiger charge is -2.26. The molecule has 0 aromatic heterocycles. The van der Waals surface area contributed by atoms with Gasteiger partial charge in [-0.25, -0.2) is 0 Å². The minimum absolute atomic E-state index is 0.0872. The summed E-state index contributed by atoms with van der Waals surface area (Å²) in [5.41, 5.74) is -0.851. The van der Waals surface area contributed by atoms with Gasteiger partial charge in [0.15, 0.2) is 4.99 Å². The monoisotopic (exact) mass is 209 g/mol. The summed E-state index contributed by atoms with van der Waals surface area (Å²) in [7, 11) is 0. The largest absolute Gasteiger partial charge is 0.408 e. The molecule has 0 aromatic rings. The van der Waals surface area contributed by atoms with Gasteiger partial charge >= 0.3 is 6.11 Å². The Morgan fingerprint density at radius 1 is 1.54 bits per heavy atom. The molecule has 1 fully saturated rings. The van der Waals surface area contributed by atoms with Crippen LogP contribution in [0.3, 0.4) is 0 Å². The molecule has 1 rings (SSSR count). The van der Waals surface area contributed by atoms with Gasteiger partial charge in [0.2, 0.25) is 0 Å². The lowest BCUT2D eigenvalue weighted by Crippen LogP contribution is -2.42. The van der Waals surface area contributed by atoms with E-state index < -0.39 is 16.7 Å². The molecule has 1 saturated heterocycles. The van der Waals surface area contributed by atoms with E-state index in [9.17, 15) is 8.78 Å². The zero-order chi connectivity index (χ0) is 10.3. The molecule has 1 unspecified atom stereocenters. The molecule has 0 radical (unpaired) electrons. The van der Waals surface area contributed by atoms with Crippen LogP contribution in [0.5, 0.6) is 0 Å². The predicted octanol–water partition coefficient (Wildman–Crippen LogP) is 2.08. The van der Waals surface area contributed by atoms with Gasteiger partial charge in [0.25, 0.3) is 0 Å². The fourth-order valence-electron chi connectivity index (χ4n) is 1.53. The third-order valence-electron chi connectivity index (χ3n) is 1.84. The summed E-state index contributed by atoms with van der Waals surface area (Å²) >= 11 is 4.52. The van der Waals surface area contributed by atoms with Crippen LogP contribution in [-0.4, -0.2) is 22.7 Å². The van der Waals surface area contributed by atoms with E-state index in [-0.39, 0.29) is 6.04 Å². The molecule has 1 aliphatic rings. The molecule has 5 heteroatoms.